The molecule has 0 saturated carbocycles. The number of hydrogen-bond donors (Lipinski definition) is 1. The zero-order valence-electron chi connectivity index (χ0n) is 16.3. The van der Waals surface area contributed by atoms with E-state index in [2.05, 4.69) is 40.3 Å². The first-order chi connectivity index (χ1) is 14.4. The minimum Gasteiger partial charge on any atom is -0.480 e. The monoisotopic (exact) mass is 500 g/mol. The van der Waals surface area contributed by atoms with Crippen molar-refractivity contribution in [2.24, 2.45) is 0 Å². The first-order valence-electron chi connectivity index (χ1n) is 9.29. The first-order valence-corrected chi connectivity index (χ1v) is 11.3. The van der Waals surface area contributed by atoms with Crippen LogP contribution in [-0.2, 0) is 4.79 Å². The van der Waals surface area contributed by atoms with Gasteiger partial charge in [-0.2, -0.15) is 0 Å². The van der Waals surface area contributed by atoms with Gasteiger partial charge in [0.15, 0.2) is 6.10 Å². The van der Waals surface area contributed by atoms with Gasteiger partial charge in [-0.15, -0.1) is 11.3 Å². The highest BCUT2D eigenvalue weighted by Crippen LogP contribution is 2.32. The van der Waals surface area contributed by atoms with Crippen LogP contribution in [0.2, 0.25) is 5.02 Å². The Balaban J connectivity index is 1.43. The molecule has 1 atom stereocenters. The molecule has 4 aromatic rings. The van der Waals surface area contributed by atoms with Crippen LogP contribution >= 0.6 is 38.9 Å². The van der Waals surface area contributed by atoms with Crippen LogP contribution in [-0.4, -0.2) is 17.0 Å². The molecule has 1 aromatic heterocycles. The zero-order chi connectivity index (χ0) is 21.3. The Morgan fingerprint density at radius 3 is 2.63 bits per heavy atom. The summed E-state index contributed by atoms with van der Waals surface area (Å²) in [6.45, 7) is 3.78. The van der Waals surface area contributed by atoms with E-state index in [1.54, 1.807) is 36.5 Å². The van der Waals surface area contributed by atoms with Gasteiger partial charge in [-0.25, -0.2) is 4.98 Å². The van der Waals surface area contributed by atoms with Crippen molar-refractivity contribution in [3.8, 4) is 16.3 Å². The minimum absolute atomic E-state index is 0.236. The highest BCUT2D eigenvalue weighted by Gasteiger charge is 2.16. The molecule has 1 heterocycles. The molecule has 4 nitrogen and oxygen atoms in total. The van der Waals surface area contributed by atoms with Crippen LogP contribution in [0, 0.1) is 6.92 Å². The third-order valence-electron chi connectivity index (χ3n) is 4.51. The summed E-state index contributed by atoms with van der Waals surface area (Å²) in [4.78, 5) is 17.2. The van der Waals surface area contributed by atoms with Gasteiger partial charge in [0.1, 0.15) is 10.8 Å². The van der Waals surface area contributed by atoms with Crippen molar-refractivity contribution in [1.82, 2.24) is 4.98 Å². The maximum absolute atomic E-state index is 12.5. The molecule has 0 aliphatic carbocycles. The number of aryl methyl sites for hydroxylation is 1. The molecule has 0 aliphatic rings. The van der Waals surface area contributed by atoms with Crippen molar-refractivity contribution >= 4 is 60.7 Å². The normalized spacial score (nSPS) is 12.0. The maximum atomic E-state index is 12.5. The second kappa shape index (κ2) is 8.76. The van der Waals surface area contributed by atoms with Crippen molar-refractivity contribution in [3.63, 3.8) is 0 Å². The summed E-state index contributed by atoms with van der Waals surface area (Å²) in [7, 11) is 0. The van der Waals surface area contributed by atoms with Crippen LogP contribution < -0.4 is 10.1 Å². The molecule has 1 unspecified atom stereocenters. The van der Waals surface area contributed by atoms with E-state index in [0.717, 1.165) is 16.1 Å². The number of carbonyl (C=O) groups excluding carboxylic acids is 1. The lowest BCUT2D eigenvalue weighted by atomic mass is 10.2. The Kier molecular flexibility index (Phi) is 6.09. The molecule has 0 radical (unpaired) electrons. The molecule has 0 aliphatic heterocycles. The number of halogens is 2. The molecule has 4 rings (SSSR count). The highest BCUT2D eigenvalue weighted by atomic mass is 79.9. The Morgan fingerprint density at radius 1 is 1.13 bits per heavy atom. The number of thiazole rings is 1. The molecule has 30 heavy (non-hydrogen) atoms. The molecule has 0 fully saturated rings. The van der Waals surface area contributed by atoms with Gasteiger partial charge in [-0.05, 0) is 89.9 Å². The molecule has 1 N–H and O–H groups in total. The second-order valence-corrected chi connectivity index (χ2v) is 9.21. The Morgan fingerprint density at radius 2 is 1.90 bits per heavy atom. The van der Waals surface area contributed by atoms with Gasteiger partial charge in [0.05, 0.1) is 14.7 Å². The number of ether oxygens (including phenoxy) is 1. The smallest absolute Gasteiger partial charge is 0.265 e. The summed E-state index contributed by atoms with van der Waals surface area (Å²) in [5, 5.41) is 4.43. The number of benzene rings is 3. The Bertz CT molecular complexity index is 1220. The van der Waals surface area contributed by atoms with E-state index in [0.29, 0.717) is 20.9 Å². The fourth-order valence-corrected chi connectivity index (χ4v) is 4.76. The third kappa shape index (κ3) is 4.67. The van der Waals surface area contributed by atoms with Crippen LogP contribution in [0.1, 0.15) is 12.5 Å². The Labute approximate surface area is 192 Å². The highest BCUT2D eigenvalue weighted by molar-refractivity contribution is 9.10. The average molecular weight is 502 g/mol. The van der Waals surface area contributed by atoms with E-state index in [4.69, 9.17) is 21.3 Å². The standard InChI is InChI=1S/C23H18BrClN2O2S/c1-13-3-9-19-21(11-13)30-23(27-19)15-4-7-17(8-5-15)26-22(28)14(2)29-20-10-6-16(25)12-18(20)24/h3-12,14H,1-2H3,(H,26,28). The van der Waals surface area contributed by atoms with Gasteiger partial charge in [0.2, 0.25) is 0 Å². The number of nitrogens with zero attached hydrogens (tertiary/aromatic N) is 1. The Hall–Kier alpha value is -2.41. The van der Waals surface area contributed by atoms with Crippen molar-refractivity contribution < 1.29 is 9.53 Å². The molecule has 1 amide bonds. The third-order valence-corrected chi connectivity index (χ3v) is 6.43. The maximum Gasteiger partial charge on any atom is 0.265 e. The average Bonchev–Trinajstić information content (AvgIpc) is 3.13. The van der Waals surface area contributed by atoms with Crippen LogP contribution in [0.4, 0.5) is 5.69 Å². The summed E-state index contributed by atoms with van der Waals surface area (Å²) in [5.74, 6) is 0.323. The van der Waals surface area contributed by atoms with Crippen LogP contribution in [0.5, 0.6) is 5.75 Å². The summed E-state index contributed by atoms with van der Waals surface area (Å²) >= 11 is 11.0. The van der Waals surface area contributed by atoms with Gasteiger partial charge in [-0.1, -0.05) is 17.7 Å². The molecule has 3 aromatic carbocycles. The van der Waals surface area contributed by atoms with Gasteiger partial charge in [0.25, 0.3) is 5.91 Å². The molecule has 0 spiro atoms. The number of amides is 1. The van der Waals surface area contributed by atoms with Crippen LogP contribution in [0.25, 0.3) is 20.8 Å². The van der Waals surface area contributed by atoms with E-state index in [9.17, 15) is 4.79 Å². The topological polar surface area (TPSA) is 51.2 Å². The van der Waals surface area contributed by atoms with Crippen molar-refractivity contribution in [2.45, 2.75) is 20.0 Å². The SMILES string of the molecule is Cc1ccc2nc(-c3ccc(NC(=O)C(C)Oc4ccc(Cl)cc4Br)cc3)sc2c1. The molecular formula is C23H18BrClN2O2S. The summed E-state index contributed by atoms with van der Waals surface area (Å²) in [6.07, 6.45) is -0.672. The number of hydrogen-bond acceptors (Lipinski definition) is 4. The predicted octanol–water partition coefficient (Wildman–Crippen LogP) is 7.09. The van der Waals surface area contributed by atoms with E-state index in [1.165, 1.54) is 10.3 Å². The number of rotatable bonds is 5. The molecule has 7 heteroatoms. The van der Waals surface area contributed by atoms with Crippen LogP contribution in [0.15, 0.2) is 65.1 Å². The van der Waals surface area contributed by atoms with E-state index in [1.807, 2.05) is 30.3 Å². The van der Waals surface area contributed by atoms with Crippen molar-refractivity contribution in [3.05, 3.63) is 75.7 Å². The minimum atomic E-state index is -0.672. The fourth-order valence-electron chi connectivity index (χ4n) is 2.91. The largest absolute Gasteiger partial charge is 0.480 e. The fraction of sp³-hybridized carbons (Fsp3) is 0.130. The molecule has 0 bridgehead atoms. The lowest BCUT2D eigenvalue weighted by molar-refractivity contribution is -0.122. The number of fused-ring (bicyclic) bond motifs is 1. The molecule has 152 valence electrons. The van der Waals surface area contributed by atoms with E-state index < -0.39 is 6.10 Å². The second-order valence-electron chi connectivity index (χ2n) is 6.89. The number of anilines is 1. The summed E-state index contributed by atoms with van der Waals surface area (Å²) in [6, 6.07) is 19.1. The van der Waals surface area contributed by atoms with E-state index >= 15 is 0 Å². The number of carbonyl (C=O) groups is 1. The summed E-state index contributed by atoms with van der Waals surface area (Å²) < 4.78 is 7.61. The van der Waals surface area contributed by atoms with Gasteiger partial charge in [0, 0.05) is 16.3 Å². The molecular weight excluding hydrogens is 484 g/mol. The number of aromatic nitrogens is 1. The lowest BCUT2D eigenvalue weighted by Gasteiger charge is -2.16. The quantitative estimate of drug-likeness (QED) is 0.317. The first kappa shape index (κ1) is 20.8. The predicted molar refractivity (Wildman–Crippen MR) is 128 cm³/mol. The van der Waals surface area contributed by atoms with Crippen LogP contribution in [0.3, 0.4) is 0 Å². The van der Waals surface area contributed by atoms with Gasteiger partial charge < -0.3 is 10.1 Å². The summed E-state index contributed by atoms with van der Waals surface area (Å²) in [5.41, 5.74) is 3.93. The van der Waals surface area contributed by atoms with Gasteiger partial charge in [-0.3, -0.25) is 4.79 Å². The lowest BCUT2D eigenvalue weighted by Crippen LogP contribution is -2.30. The van der Waals surface area contributed by atoms with Crippen molar-refractivity contribution in [2.75, 3.05) is 5.32 Å². The van der Waals surface area contributed by atoms with Gasteiger partial charge >= 0.3 is 0 Å². The van der Waals surface area contributed by atoms with Crippen molar-refractivity contribution in [1.29, 1.82) is 0 Å². The van der Waals surface area contributed by atoms with E-state index in [-0.39, 0.29) is 5.91 Å². The zero-order valence-corrected chi connectivity index (χ0v) is 19.4. The molecule has 0 saturated heterocycles. The number of nitrogens with one attached hydrogen (secondary N) is 1.